The van der Waals surface area contributed by atoms with Gasteiger partial charge in [-0.15, -0.1) is 0 Å². The first-order valence-corrected chi connectivity index (χ1v) is 5.80. The number of hydrogen-bond donors (Lipinski definition) is 2. The number of carbonyl (C=O) groups is 1. The molecule has 0 bridgehead atoms. The van der Waals surface area contributed by atoms with Crippen LogP contribution in [0.1, 0.15) is 6.42 Å². The Labute approximate surface area is 103 Å². The Morgan fingerprint density at radius 2 is 2.12 bits per heavy atom. The first-order chi connectivity index (χ1) is 8.01. The van der Waals surface area contributed by atoms with Crippen LogP contribution in [0.4, 0.5) is 0 Å². The predicted octanol–water partition coefficient (Wildman–Crippen LogP) is -1.27. The Bertz CT molecular complexity index is 214. The highest BCUT2D eigenvalue weighted by Gasteiger charge is 2.14. The summed E-state index contributed by atoms with van der Waals surface area (Å²) in [6.45, 7) is 2.25. The molecule has 0 aliphatic heterocycles. The van der Waals surface area contributed by atoms with Gasteiger partial charge in [0.25, 0.3) is 0 Å². The molecule has 0 saturated heterocycles. The summed E-state index contributed by atoms with van der Waals surface area (Å²) in [6.07, 6.45) is 0.241. The van der Waals surface area contributed by atoms with Crippen molar-refractivity contribution in [1.82, 2.24) is 9.80 Å². The van der Waals surface area contributed by atoms with Crippen LogP contribution >= 0.6 is 0 Å². The average molecular weight is 247 g/mol. The van der Waals surface area contributed by atoms with E-state index in [1.165, 1.54) is 7.11 Å². The second kappa shape index (κ2) is 9.35. The molecule has 0 aliphatic carbocycles. The SMILES string of the molecule is COCC(O)CN(C)CC(=O)N(C)CCCN. The summed E-state index contributed by atoms with van der Waals surface area (Å²) in [5.41, 5.74) is 5.38. The number of nitrogens with two attached hydrogens (primary N) is 1. The number of carbonyl (C=O) groups excluding carboxylic acids is 1. The Morgan fingerprint density at radius 1 is 1.47 bits per heavy atom. The summed E-state index contributed by atoms with van der Waals surface area (Å²) in [6, 6.07) is 0. The first kappa shape index (κ1) is 16.3. The van der Waals surface area contributed by atoms with Gasteiger partial charge in [0.1, 0.15) is 0 Å². The molecule has 0 heterocycles. The maximum atomic E-state index is 11.7. The summed E-state index contributed by atoms with van der Waals surface area (Å²) in [5.74, 6) is 0.0329. The van der Waals surface area contributed by atoms with E-state index in [9.17, 15) is 9.90 Å². The highest BCUT2D eigenvalue weighted by molar-refractivity contribution is 5.77. The van der Waals surface area contributed by atoms with Gasteiger partial charge in [-0.05, 0) is 20.0 Å². The van der Waals surface area contributed by atoms with Crippen LogP contribution in [0.5, 0.6) is 0 Å². The topological polar surface area (TPSA) is 79.0 Å². The zero-order chi connectivity index (χ0) is 13.3. The molecule has 3 N–H and O–H groups in total. The van der Waals surface area contributed by atoms with Crippen LogP contribution in [0.3, 0.4) is 0 Å². The monoisotopic (exact) mass is 247 g/mol. The van der Waals surface area contributed by atoms with Crippen molar-refractivity contribution in [3.05, 3.63) is 0 Å². The lowest BCUT2D eigenvalue weighted by Crippen LogP contribution is -2.41. The highest BCUT2D eigenvalue weighted by Crippen LogP contribution is 1.94. The highest BCUT2D eigenvalue weighted by atomic mass is 16.5. The number of rotatable bonds is 9. The van der Waals surface area contributed by atoms with Gasteiger partial charge in [0, 0.05) is 27.2 Å². The molecule has 17 heavy (non-hydrogen) atoms. The van der Waals surface area contributed by atoms with Gasteiger partial charge in [-0.25, -0.2) is 0 Å². The molecule has 1 amide bonds. The van der Waals surface area contributed by atoms with Gasteiger partial charge in [-0.1, -0.05) is 0 Å². The molecular weight excluding hydrogens is 222 g/mol. The lowest BCUT2D eigenvalue weighted by atomic mass is 10.3. The molecule has 0 aromatic heterocycles. The molecule has 1 atom stereocenters. The molecule has 0 fully saturated rings. The Kier molecular flexibility index (Phi) is 8.97. The van der Waals surface area contributed by atoms with Crippen LogP contribution in [-0.4, -0.2) is 80.9 Å². The van der Waals surface area contributed by atoms with Gasteiger partial charge in [-0.2, -0.15) is 0 Å². The van der Waals surface area contributed by atoms with Gasteiger partial charge in [0.2, 0.25) is 5.91 Å². The molecule has 0 spiro atoms. The number of aliphatic hydroxyl groups excluding tert-OH is 1. The second-order valence-electron chi connectivity index (χ2n) is 4.26. The van der Waals surface area contributed by atoms with E-state index in [1.54, 1.807) is 23.9 Å². The van der Waals surface area contributed by atoms with Crippen LogP contribution < -0.4 is 5.73 Å². The third-order valence-corrected chi connectivity index (χ3v) is 2.41. The molecule has 0 radical (unpaired) electrons. The third kappa shape index (κ3) is 8.09. The molecule has 102 valence electrons. The molecular formula is C11H25N3O3. The fourth-order valence-corrected chi connectivity index (χ4v) is 1.47. The Hall–Kier alpha value is -0.690. The fourth-order valence-electron chi connectivity index (χ4n) is 1.47. The maximum absolute atomic E-state index is 11.7. The molecule has 6 nitrogen and oxygen atoms in total. The van der Waals surface area contributed by atoms with Crippen molar-refractivity contribution in [3.63, 3.8) is 0 Å². The predicted molar refractivity (Wildman–Crippen MR) is 66.7 cm³/mol. The van der Waals surface area contributed by atoms with Crippen molar-refractivity contribution in [3.8, 4) is 0 Å². The molecule has 0 aromatic rings. The van der Waals surface area contributed by atoms with Crippen molar-refractivity contribution in [1.29, 1.82) is 0 Å². The van der Waals surface area contributed by atoms with E-state index in [0.717, 1.165) is 6.42 Å². The third-order valence-electron chi connectivity index (χ3n) is 2.41. The normalized spacial score (nSPS) is 12.8. The largest absolute Gasteiger partial charge is 0.389 e. The minimum Gasteiger partial charge on any atom is -0.389 e. The Morgan fingerprint density at radius 3 is 2.65 bits per heavy atom. The van der Waals surface area contributed by atoms with Crippen molar-refractivity contribution in [2.24, 2.45) is 5.73 Å². The first-order valence-electron chi connectivity index (χ1n) is 5.80. The number of nitrogens with zero attached hydrogens (tertiary/aromatic N) is 2. The number of aliphatic hydroxyl groups is 1. The smallest absolute Gasteiger partial charge is 0.236 e. The van der Waals surface area contributed by atoms with Crippen molar-refractivity contribution < 1.29 is 14.6 Å². The Balaban J connectivity index is 3.85. The maximum Gasteiger partial charge on any atom is 0.236 e. The van der Waals surface area contributed by atoms with E-state index in [-0.39, 0.29) is 12.5 Å². The molecule has 1 unspecified atom stereocenters. The van der Waals surface area contributed by atoms with E-state index in [2.05, 4.69) is 0 Å². The molecule has 6 heteroatoms. The summed E-state index contributed by atoms with van der Waals surface area (Å²) >= 11 is 0. The van der Waals surface area contributed by atoms with Crippen molar-refractivity contribution >= 4 is 5.91 Å². The number of hydrogen-bond acceptors (Lipinski definition) is 5. The van der Waals surface area contributed by atoms with Gasteiger partial charge >= 0.3 is 0 Å². The number of ether oxygens (including phenoxy) is 1. The summed E-state index contributed by atoms with van der Waals surface area (Å²) < 4.78 is 4.82. The number of likely N-dealkylation sites (N-methyl/N-ethyl adjacent to an activating group) is 2. The van der Waals surface area contributed by atoms with Gasteiger partial charge in [0.05, 0.1) is 19.3 Å². The second-order valence-corrected chi connectivity index (χ2v) is 4.26. The van der Waals surface area contributed by atoms with E-state index < -0.39 is 6.10 Å². The summed E-state index contributed by atoms with van der Waals surface area (Å²) in [5, 5.41) is 9.50. The zero-order valence-electron chi connectivity index (χ0n) is 11.1. The van der Waals surface area contributed by atoms with E-state index in [1.807, 2.05) is 0 Å². The van der Waals surface area contributed by atoms with Crippen LogP contribution in [0.15, 0.2) is 0 Å². The lowest BCUT2D eigenvalue weighted by molar-refractivity contribution is -0.131. The number of amides is 1. The van der Waals surface area contributed by atoms with Crippen molar-refractivity contribution in [2.75, 3.05) is 54.0 Å². The standard InChI is InChI=1S/C11H25N3O3/c1-13(7-10(15)9-17-3)8-11(16)14(2)6-4-5-12/h10,15H,4-9,12H2,1-3H3. The minimum absolute atomic E-state index is 0.0329. The summed E-state index contributed by atoms with van der Waals surface area (Å²) in [7, 11) is 5.10. The zero-order valence-corrected chi connectivity index (χ0v) is 11.1. The van der Waals surface area contributed by atoms with Crippen molar-refractivity contribution in [2.45, 2.75) is 12.5 Å². The number of methoxy groups -OCH3 is 1. The van der Waals surface area contributed by atoms with Crippen LogP contribution in [0, 0.1) is 0 Å². The minimum atomic E-state index is -0.563. The van der Waals surface area contributed by atoms with Crippen LogP contribution in [0.2, 0.25) is 0 Å². The molecule has 0 rings (SSSR count). The molecule has 0 saturated carbocycles. The average Bonchev–Trinajstić information content (AvgIpc) is 2.25. The van der Waals surface area contributed by atoms with E-state index >= 15 is 0 Å². The van der Waals surface area contributed by atoms with E-state index in [0.29, 0.717) is 26.2 Å². The van der Waals surface area contributed by atoms with Gasteiger partial charge in [0.15, 0.2) is 0 Å². The van der Waals surface area contributed by atoms with Crippen LogP contribution in [-0.2, 0) is 9.53 Å². The molecule has 0 aliphatic rings. The summed E-state index contributed by atoms with van der Waals surface area (Å²) in [4.78, 5) is 15.2. The molecule has 0 aromatic carbocycles. The van der Waals surface area contributed by atoms with E-state index in [4.69, 9.17) is 10.5 Å². The van der Waals surface area contributed by atoms with Gasteiger partial charge < -0.3 is 20.5 Å². The quantitative estimate of drug-likeness (QED) is 0.531. The fraction of sp³-hybridized carbons (Fsp3) is 0.909. The lowest BCUT2D eigenvalue weighted by Gasteiger charge is -2.23. The van der Waals surface area contributed by atoms with Gasteiger partial charge in [-0.3, -0.25) is 9.69 Å². The van der Waals surface area contributed by atoms with Crippen LogP contribution in [0.25, 0.3) is 0 Å².